The van der Waals surface area contributed by atoms with E-state index in [1.54, 1.807) is 30.3 Å². The lowest BCUT2D eigenvalue weighted by Crippen LogP contribution is -2.07. The molecule has 1 N–H and O–H groups in total. The highest BCUT2D eigenvalue weighted by Gasteiger charge is 2.16. The van der Waals surface area contributed by atoms with Crippen molar-refractivity contribution in [1.29, 1.82) is 0 Å². The third kappa shape index (κ3) is 3.62. The molecular weight excluding hydrogens is 330 g/mol. The molecule has 6 heteroatoms. The van der Waals surface area contributed by atoms with Crippen LogP contribution in [0.4, 0.5) is 0 Å². The monoisotopic (exact) mass is 341 g/mol. The molecule has 0 aliphatic carbocycles. The van der Waals surface area contributed by atoms with E-state index in [0.29, 0.717) is 5.56 Å². The summed E-state index contributed by atoms with van der Waals surface area (Å²) in [4.78, 5) is 3.91. The predicted molar refractivity (Wildman–Crippen MR) is 75.2 cm³/mol. The highest BCUT2D eigenvalue weighted by molar-refractivity contribution is 9.10. The SMILES string of the molecule is O=S(=O)(Cc1ccc(CO)cc1)c1ccc(Br)cn1. The van der Waals surface area contributed by atoms with Crippen LogP contribution in [-0.4, -0.2) is 18.5 Å². The van der Waals surface area contributed by atoms with Gasteiger partial charge in [0.25, 0.3) is 0 Å². The smallest absolute Gasteiger partial charge is 0.199 e. The molecule has 0 radical (unpaired) electrons. The Morgan fingerprint density at radius 1 is 1.05 bits per heavy atom. The molecule has 0 aliphatic heterocycles. The zero-order chi connectivity index (χ0) is 13.9. The maximum Gasteiger partial charge on any atom is 0.199 e. The molecule has 0 saturated carbocycles. The summed E-state index contributed by atoms with van der Waals surface area (Å²) in [5, 5.41) is 8.99. The Balaban J connectivity index is 2.23. The molecule has 2 aromatic rings. The molecule has 0 saturated heterocycles. The second kappa shape index (κ2) is 5.81. The van der Waals surface area contributed by atoms with Gasteiger partial charge in [-0.1, -0.05) is 24.3 Å². The fourth-order valence-corrected chi connectivity index (χ4v) is 3.08. The van der Waals surface area contributed by atoms with Crippen LogP contribution < -0.4 is 0 Å². The summed E-state index contributed by atoms with van der Waals surface area (Å²) in [6.07, 6.45) is 1.46. The van der Waals surface area contributed by atoms with Gasteiger partial charge >= 0.3 is 0 Å². The predicted octanol–water partition coefficient (Wildman–Crippen LogP) is 2.31. The maximum absolute atomic E-state index is 12.1. The molecule has 19 heavy (non-hydrogen) atoms. The van der Waals surface area contributed by atoms with Crippen molar-refractivity contribution in [2.75, 3.05) is 0 Å². The molecule has 1 aromatic carbocycles. The van der Waals surface area contributed by atoms with Gasteiger partial charge in [-0.05, 0) is 39.2 Å². The Kier molecular flexibility index (Phi) is 4.34. The number of pyridine rings is 1. The van der Waals surface area contributed by atoms with Crippen molar-refractivity contribution in [2.45, 2.75) is 17.4 Å². The maximum atomic E-state index is 12.1. The average Bonchev–Trinajstić information content (AvgIpc) is 2.40. The molecule has 0 fully saturated rings. The van der Waals surface area contributed by atoms with Crippen LogP contribution in [-0.2, 0) is 22.2 Å². The summed E-state index contributed by atoms with van der Waals surface area (Å²) >= 11 is 3.21. The summed E-state index contributed by atoms with van der Waals surface area (Å²) in [6, 6.07) is 9.93. The van der Waals surface area contributed by atoms with Gasteiger partial charge in [-0.2, -0.15) is 0 Å². The highest BCUT2D eigenvalue weighted by Crippen LogP contribution is 2.17. The number of hydrogen-bond donors (Lipinski definition) is 1. The van der Waals surface area contributed by atoms with E-state index in [9.17, 15) is 8.42 Å². The van der Waals surface area contributed by atoms with E-state index in [4.69, 9.17) is 5.11 Å². The molecule has 0 aliphatic rings. The van der Waals surface area contributed by atoms with Crippen LogP contribution in [0.1, 0.15) is 11.1 Å². The van der Waals surface area contributed by atoms with Gasteiger partial charge < -0.3 is 5.11 Å². The molecule has 1 aromatic heterocycles. The van der Waals surface area contributed by atoms with Crippen LogP contribution >= 0.6 is 15.9 Å². The average molecular weight is 342 g/mol. The zero-order valence-corrected chi connectivity index (χ0v) is 12.4. The molecule has 0 amide bonds. The molecule has 2 rings (SSSR count). The first-order valence-electron chi connectivity index (χ1n) is 5.54. The van der Waals surface area contributed by atoms with Crippen molar-refractivity contribution < 1.29 is 13.5 Å². The number of aliphatic hydroxyl groups is 1. The molecule has 1 heterocycles. The van der Waals surface area contributed by atoms with Gasteiger partial charge in [-0.25, -0.2) is 13.4 Å². The number of sulfone groups is 1. The summed E-state index contributed by atoms with van der Waals surface area (Å²) in [7, 11) is -3.44. The van der Waals surface area contributed by atoms with Crippen molar-refractivity contribution in [3.63, 3.8) is 0 Å². The second-order valence-electron chi connectivity index (χ2n) is 4.05. The Bertz CT molecular complexity index is 651. The quantitative estimate of drug-likeness (QED) is 0.926. The van der Waals surface area contributed by atoms with Crippen molar-refractivity contribution in [3.05, 3.63) is 58.2 Å². The minimum absolute atomic E-state index is 0.0543. The lowest BCUT2D eigenvalue weighted by atomic mass is 10.2. The van der Waals surface area contributed by atoms with Gasteiger partial charge in [-0.15, -0.1) is 0 Å². The molecule has 0 spiro atoms. The van der Waals surface area contributed by atoms with Crippen molar-refractivity contribution in [1.82, 2.24) is 4.98 Å². The Morgan fingerprint density at radius 3 is 2.21 bits per heavy atom. The normalized spacial score (nSPS) is 11.5. The lowest BCUT2D eigenvalue weighted by molar-refractivity contribution is 0.282. The largest absolute Gasteiger partial charge is 0.392 e. The Labute approximate surface area is 120 Å². The molecule has 0 unspecified atom stereocenters. The van der Waals surface area contributed by atoms with E-state index in [-0.39, 0.29) is 17.4 Å². The van der Waals surface area contributed by atoms with Crippen LogP contribution in [0.2, 0.25) is 0 Å². The number of nitrogens with zero attached hydrogens (tertiary/aromatic N) is 1. The first-order chi connectivity index (χ1) is 9.01. The van der Waals surface area contributed by atoms with E-state index < -0.39 is 9.84 Å². The minimum Gasteiger partial charge on any atom is -0.392 e. The standard InChI is InChI=1S/C13H12BrNO3S/c14-12-5-6-13(15-7-12)19(17,18)9-11-3-1-10(8-16)2-4-11/h1-7,16H,8-9H2. The number of halogens is 1. The fourth-order valence-electron chi connectivity index (χ4n) is 1.58. The number of hydrogen-bond acceptors (Lipinski definition) is 4. The lowest BCUT2D eigenvalue weighted by Gasteiger charge is -2.05. The van der Waals surface area contributed by atoms with Crippen LogP contribution in [0.25, 0.3) is 0 Å². The van der Waals surface area contributed by atoms with Gasteiger partial charge in [-0.3, -0.25) is 0 Å². The fraction of sp³-hybridized carbons (Fsp3) is 0.154. The van der Waals surface area contributed by atoms with Gasteiger partial charge in [0.1, 0.15) is 0 Å². The minimum atomic E-state index is -3.44. The van der Waals surface area contributed by atoms with E-state index in [0.717, 1.165) is 10.0 Å². The van der Waals surface area contributed by atoms with E-state index >= 15 is 0 Å². The summed E-state index contributed by atoms with van der Waals surface area (Å²) < 4.78 is 25.0. The Morgan fingerprint density at radius 2 is 1.68 bits per heavy atom. The van der Waals surface area contributed by atoms with Crippen LogP contribution in [0.5, 0.6) is 0 Å². The first kappa shape index (κ1) is 14.2. The molecular formula is C13H12BrNO3S. The third-order valence-electron chi connectivity index (χ3n) is 2.58. The molecule has 4 nitrogen and oxygen atoms in total. The van der Waals surface area contributed by atoms with Crippen molar-refractivity contribution >= 4 is 25.8 Å². The Hall–Kier alpha value is -1.24. The van der Waals surface area contributed by atoms with Crippen molar-refractivity contribution in [3.8, 4) is 0 Å². The molecule has 0 atom stereocenters. The van der Waals surface area contributed by atoms with Crippen LogP contribution in [0, 0.1) is 0 Å². The van der Waals surface area contributed by atoms with Gasteiger partial charge in [0.15, 0.2) is 14.9 Å². The third-order valence-corrected chi connectivity index (χ3v) is 4.64. The molecule has 0 bridgehead atoms. The first-order valence-corrected chi connectivity index (χ1v) is 7.99. The zero-order valence-electron chi connectivity index (χ0n) is 9.95. The molecule has 100 valence electrons. The van der Waals surface area contributed by atoms with Crippen molar-refractivity contribution in [2.24, 2.45) is 0 Å². The second-order valence-corrected chi connectivity index (χ2v) is 6.90. The van der Waals surface area contributed by atoms with Crippen LogP contribution in [0.3, 0.4) is 0 Å². The summed E-state index contributed by atoms with van der Waals surface area (Å²) in [5.74, 6) is -0.104. The van der Waals surface area contributed by atoms with Gasteiger partial charge in [0.2, 0.25) is 0 Å². The van der Waals surface area contributed by atoms with Gasteiger partial charge in [0.05, 0.1) is 12.4 Å². The van der Waals surface area contributed by atoms with E-state index in [1.807, 2.05) is 0 Å². The number of aromatic nitrogens is 1. The van der Waals surface area contributed by atoms with E-state index in [1.165, 1.54) is 12.3 Å². The highest BCUT2D eigenvalue weighted by atomic mass is 79.9. The number of benzene rings is 1. The summed E-state index contributed by atoms with van der Waals surface area (Å²) in [6.45, 7) is -0.0543. The number of aliphatic hydroxyl groups excluding tert-OH is 1. The number of rotatable bonds is 4. The topological polar surface area (TPSA) is 67.3 Å². The van der Waals surface area contributed by atoms with E-state index in [2.05, 4.69) is 20.9 Å². The van der Waals surface area contributed by atoms with Gasteiger partial charge in [0, 0.05) is 10.7 Å². The van der Waals surface area contributed by atoms with Crippen LogP contribution in [0.15, 0.2) is 52.1 Å². The summed E-state index contributed by atoms with van der Waals surface area (Å²) in [5.41, 5.74) is 1.42.